The number of hydrogen-bond acceptors (Lipinski definition) is 4. The van der Waals surface area contributed by atoms with Gasteiger partial charge in [0.05, 0.1) is 18.1 Å². The second-order valence-corrected chi connectivity index (χ2v) is 4.41. The Kier molecular flexibility index (Phi) is 3.23. The standard InChI is InChI=1S/C10H18BNO4/c1-4-16-8-6-5-7(9(8)15-3)12(10(6)13)11(2)14/h6-9,14H,4-5H2,1-3H3. The Morgan fingerprint density at radius 3 is 2.75 bits per heavy atom. The van der Waals surface area contributed by atoms with Gasteiger partial charge < -0.3 is 19.3 Å². The Hall–Kier alpha value is -0.585. The first kappa shape index (κ1) is 11.9. The Balaban J connectivity index is 2.19. The van der Waals surface area contributed by atoms with Crippen molar-refractivity contribution in [3.8, 4) is 0 Å². The highest BCUT2D eigenvalue weighted by Gasteiger charge is 2.59. The number of carbonyl (C=O) groups is 1. The number of hydrogen-bond donors (Lipinski definition) is 1. The Morgan fingerprint density at radius 2 is 2.25 bits per heavy atom. The minimum absolute atomic E-state index is 0.00764. The van der Waals surface area contributed by atoms with E-state index in [9.17, 15) is 9.82 Å². The first-order chi connectivity index (χ1) is 7.61. The minimum Gasteiger partial charge on any atom is -0.432 e. The molecule has 0 aromatic rings. The van der Waals surface area contributed by atoms with Crippen LogP contribution in [0.1, 0.15) is 13.3 Å². The van der Waals surface area contributed by atoms with Crippen LogP contribution in [0.2, 0.25) is 6.82 Å². The highest BCUT2D eigenvalue weighted by Crippen LogP contribution is 2.42. The van der Waals surface area contributed by atoms with Crippen molar-refractivity contribution in [2.24, 2.45) is 5.92 Å². The smallest absolute Gasteiger partial charge is 0.412 e. The number of rotatable bonds is 4. The van der Waals surface area contributed by atoms with Gasteiger partial charge in [-0.25, -0.2) is 0 Å². The van der Waals surface area contributed by atoms with E-state index >= 15 is 0 Å². The van der Waals surface area contributed by atoms with E-state index < -0.39 is 7.05 Å². The SMILES string of the molecule is CCOC1C2CC(C1OC)N(B(C)O)C2=O. The van der Waals surface area contributed by atoms with Gasteiger partial charge in [0.15, 0.2) is 0 Å². The summed E-state index contributed by atoms with van der Waals surface area (Å²) in [4.78, 5) is 13.5. The van der Waals surface area contributed by atoms with Crippen molar-refractivity contribution in [2.75, 3.05) is 13.7 Å². The lowest BCUT2D eigenvalue weighted by atomic mass is 9.81. The second kappa shape index (κ2) is 4.35. The normalized spacial score (nSPS) is 37.2. The van der Waals surface area contributed by atoms with Gasteiger partial charge in [-0.2, -0.15) is 0 Å². The van der Waals surface area contributed by atoms with Gasteiger partial charge in [0.1, 0.15) is 6.10 Å². The molecular formula is C10H18BNO4. The summed E-state index contributed by atoms with van der Waals surface area (Å²) in [6.45, 7) is 4.10. The number of carbonyl (C=O) groups excluding carboxylic acids is 1. The summed E-state index contributed by atoms with van der Waals surface area (Å²) in [6, 6.07) is -0.0425. The van der Waals surface area contributed by atoms with Crippen LogP contribution < -0.4 is 0 Å². The minimum atomic E-state index is -0.747. The summed E-state index contributed by atoms with van der Waals surface area (Å²) in [5, 5.41) is 9.58. The zero-order chi connectivity index (χ0) is 11.9. The summed E-state index contributed by atoms with van der Waals surface area (Å²) in [7, 11) is 0.880. The molecular weight excluding hydrogens is 209 g/mol. The molecule has 1 amide bonds. The lowest BCUT2D eigenvalue weighted by molar-refractivity contribution is -0.147. The zero-order valence-electron chi connectivity index (χ0n) is 9.92. The third-order valence-corrected chi connectivity index (χ3v) is 3.56. The Morgan fingerprint density at radius 1 is 1.56 bits per heavy atom. The van der Waals surface area contributed by atoms with Crippen molar-refractivity contribution < 1.29 is 19.3 Å². The number of methoxy groups -OCH3 is 1. The molecule has 1 heterocycles. The van der Waals surface area contributed by atoms with Crippen LogP contribution in [-0.4, -0.2) is 54.8 Å². The number of amides is 1. The zero-order valence-corrected chi connectivity index (χ0v) is 9.92. The van der Waals surface area contributed by atoms with Crippen molar-refractivity contribution >= 4 is 13.0 Å². The molecule has 2 bridgehead atoms. The van der Waals surface area contributed by atoms with Crippen molar-refractivity contribution in [3.05, 3.63) is 0 Å². The van der Waals surface area contributed by atoms with Crippen LogP contribution in [0.15, 0.2) is 0 Å². The third kappa shape index (κ3) is 1.56. The maximum atomic E-state index is 12.0. The van der Waals surface area contributed by atoms with E-state index in [0.29, 0.717) is 6.61 Å². The van der Waals surface area contributed by atoms with E-state index in [1.54, 1.807) is 13.9 Å². The van der Waals surface area contributed by atoms with E-state index in [1.165, 1.54) is 4.81 Å². The first-order valence-corrected chi connectivity index (χ1v) is 5.76. The topological polar surface area (TPSA) is 59.0 Å². The summed E-state index contributed by atoms with van der Waals surface area (Å²) in [5.74, 6) is -0.156. The average Bonchev–Trinajstić information content (AvgIpc) is 2.72. The van der Waals surface area contributed by atoms with Gasteiger partial charge in [-0.15, -0.1) is 0 Å². The quantitative estimate of drug-likeness (QED) is 0.672. The molecule has 4 unspecified atom stereocenters. The highest BCUT2D eigenvalue weighted by molar-refractivity contribution is 6.49. The van der Waals surface area contributed by atoms with Gasteiger partial charge in [-0.1, -0.05) is 0 Å². The maximum Gasteiger partial charge on any atom is 0.412 e. The fourth-order valence-corrected chi connectivity index (χ4v) is 3.00. The van der Waals surface area contributed by atoms with Crippen LogP contribution in [-0.2, 0) is 14.3 Å². The fourth-order valence-electron chi connectivity index (χ4n) is 3.00. The van der Waals surface area contributed by atoms with Crippen LogP contribution in [0.25, 0.3) is 0 Å². The second-order valence-electron chi connectivity index (χ2n) is 4.41. The van der Waals surface area contributed by atoms with Crippen LogP contribution in [0.4, 0.5) is 0 Å². The number of nitrogens with zero attached hydrogens (tertiary/aromatic N) is 1. The fraction of sp³-hybridized carbons (Fsp3) is 0.900. The monoisotopic (exact) mass is 227 g/mol. The van der Waals surface area contributed by atoms with Crippen LogP contribution >= 0.6 is 0 Å². The van der Waals surface area contributed by atoms with E-state index in [-0.39, 0.29) is 30.1 Å². The number of piperidine rings is 1. The van der Waals surface area contributed by atoms with Crippen LogP contribution in [0.5, 0.6) is 0 Å². The lowest BCUT2D eigenvalue weighted by Gasteiger charge is -2.37. The van der Waals surface area contributed by atoms with E-state index in [1.807, 2.05) is 6.92 Å². The van der Waals surface area contributed by atoms with Crippen molar-refractivity contribution in [1.82, 2.24) is 4.81 Å². The molecule has 6 heteroatoms. The molecule has 0 radical (unpaired) electrons. The van der Waals surface area contributed by atoms with Crippen LogP contribution in [0, 0.1) is 5.92 Å². The average molecular weight is 227 g/mol. The molecule has 5 nitrogen and oxygen atoms in total. The molecule has 90 valence electrons. The van der Waals surface area contributed by atoms with Gasteiger partial charge >= 0.3 is 7.05 Å². The van der Waals surface area contributed by atoms with Gasteiger partial charge in [0.25, 0.3) is 0 Å². The molecule has 2 fully saturated rings. The molecule has 2 rings (SSSR count). The largest absolute Gasteiger partial charge is 0.432 e. The van der Waals surface area contributed by atoms with Crippen molar-refractivity contribution in [1.29, 1.82) is 0 Å². The summed E-state index contributed by atoms with van der Waals surface area (Å²) >= 11 is 0. The number of fused-ring (bicyclic) bond motifs is 2. The number of ether oxygens (including phenoxy) is 2. The molecule has 2 aliphatic rings. The Labute approximate surface area is 95.8 Å². The molecule has 1 aliphatic heterocycles. The molecule has 0 aromatic heterocycles. The van der Waals surface area contributed by atoms with Gasteiger partial charge in [0, 0.05) is 13.7 Å². The summed E-state index contributed by atoms with van der Waals surface area (Å²) in [6.07, 6.45) is 0.465. The molecule has 4 atom stereocenters. The first-order valence-electron chi connectivity index (χ1n) is 5.76. The molecule has 0 aromatic carbocycles. The lowest BCUT2D eigenvalue weighted by Crippen LogP contribution is -2.57. The molecule has 1 saturated carbocycles. The van der Waals surface area contributed by atoms with E-state index in [2.05, 4.69) is 0 Å². The molecule has 1 aliphatic carbocycles. The maximum absolute atomic E-state index is 12.0. The van der Waals surface area contributed by atoms with Crippen molar-refractivity contribution in [2.45, 2.75) is 38.4 Å². The van der Waals surface area contributed by atoms with Gasteiger partial charge in [0.2, 0.25) is 5.91 Å². The van der Waals surface area contributed by atoms with Gasteiger partial charge in [-0.3, -0.25) is 4.79 Å². The predicted molar refractivity (Wildman–Crippen MR) is 58.8 cm³/mol. The molecule has 1 N–H and O–H groups in total. The van der Waals surface area contributed by atoms with Crippen molar-refractivity contribution in [3.63, 3.8) is 0 Å². The van der Waals surface area contributed by atoms with Crippen LogP contribution in [0.3, 0.4) is 0 Å². The summed E-state index contributed by atoms with van der Waals surface area (Å²) in [5.41, 5.74) is 0. The summed E-state index contributed by atoms with van der Waals surface area (Å²) < 4.78 is 11.0. The predicted octanol–water partition coefficient (Wildman–Crippen LogP) is -0.252. The van der Waals surface area contributed by atoms with Gasteiger partial charge in [-0.05, 0) is 20.2 Å². The third-order valence-electron chi connectivity index (χ3n) is 3.56. The van der Waals surface area contributed by atoms with E-state index in [0.717, 1.165) is 6.42 Å². The van der Waals surface area contributed by atoms with E-state index in [4.69, 9.17) is 9.47 Å². The molecule has 1 saturated heterocycles. The molecule has 0 spiro atoms. The molecule has 16 heavy (non-hydrogen) atoms. The highest BCUT2D eigenvalue weighted by atomic mass is 16.5. The Bertz CT molecular complexity index is 286.